The highest BCUT2D eigenvalue weighted by Crippen LogP contribution is 2.30. The smallest absolute Gasteiger partial charge is 0.136 e. The molecular formula is C16H23N3. The van der Waals surface area contributed by atoms with Gasteiger partial charge in [0.05, 0.1) is 11.9 Å². The summed E-state index contributed by atoms with van der Waals surface area (Å²) in [7, 11) is 0. The van der Waals surface area contributed by atoms with Gasteiger partial charge in [0.15, 0.2) is 0 Å². The minimum absolute atomic E-state index is 0.407. The van der Waals surface area contributed by atoms with Crippen molar-refractivity contribution in [2.75, 3.05) is 23.3 Å². The predicted molar refractivity (Wildman–Crippen MR) is 84.1 cm³/mol. The van der Waals surface area contributed by atoms with E-state index in [1.807, 2.05) is 6.20 Å². The van der Waals surface area contributed by atoms with Gasteiger partial charge in [-0.3, -0.25) is 0 Å². The highest BCUT2D eigenvalue weighted by atomic mass is 15.2. The van der Waals surface area contributed by atoms with Gasteiger partial charge in [0.25, 0.3) is 0 Å². The molecule has 2 rings (SSSR count). The van der Waals surface area contributed by atoms with Gasteiger partial charge in [0, 0.05) is 29.9 Å². The molecule has 0 saturated heterocycles. The van der Waals surface area contributed by atoms with Gasteiger partial charge in [0.1, 0.15) is 5.82 Å². The summed E-state index contributed by atoms with van der Waals surface area (Å²) in [6, 6.07) is 8.89. The highest BCUT2D eigenvalue weighted by Gasteiger charge is 2.11. The molecule has 0 amide bonds. The molecule has 0 atom stereocenters. The average Bonchev–Trinajstić information content (AvgIpc) is 2.42. The van der Waals surface area contributed by atoms with E-state index in [-0.39, 0.29) is 0 Å². The minimum Gasteiger partial charge on any atom is -0.381 e. The zero-order valence-corrected chi connectivity index (χ0v) is 12.3. The molecule has 19 heavy (non-hydrogen) atoms. The first-order valence-corrected chi connectivity index (χ1v) is 7.06. The molecule has 0 radical (unpaired) electrons. The molecule has 0 unspecified atom stereocenters. The van der Waals surface area contributed by atoms with Crippen molar-refractivity contribution in [3.05, 3.63) is 30.5 Å². The van der Waals surface area contributed by atoms with E-state index in [1.165, 1.54) is 10.8 Å². The maximum absolute atomic E-state index is 4.67. The van der Waals surface area contributed by atoms with Gasteiger partial charge in [-0.1, -0.05) is 24.3 Å². The molecule has 2 aromatic rings. The molecule has 102 valence electrons. The SMILES string of the molecule is CCN(CC)c1ncc(NC(C)C)c2ccccc12. The molecule has 1 N–H and O–H groups in total. The first kappa shape index (κ1) is 13.7. The van der Waals surface area contributed by atoms with E-state index in [2.05, 4.69) is 67.2 Å². The van der Waals surface area contributed by atoms with Crippen LogP contribution < -0.4 is 10.2 Å². The van der Waals surface area contributed by atoms with Crippen LogP contribution in [0.1, 0.15) is 27.7 Å². The van der Waals surface area contributed by atoms with Crippen LogP contribution in [0.3, 0.4) is 0 Å². The Morgan fingerprint density at radius 1 is 1.11 bits per heavy atom. The Kier molecular flexibility index (Phi) is 4.25. The first-order chi connectivity index (χ1) is 9.17. The summed E-state index contributed by atoms with van der Waals surface area (Å²) >= 11 is 0. The van der Waals surface area contributed by atoms with Crippen molar-refractivity contribution in [2.45, 2.75) is 33.7 Å². The molecule has 0 aliphatic carbocycles. The zero-order valence-electron chi connectivity index (χ0n) is 12.3. The Balaban J connectivity index is 2.57. The molecule has 3 heteroatoms. The van der Waals surface area contributed by atoms with E-state index >= 15 is 0 Å². The number of anilines is 2. The van der Waals surface area contributed by atoms with Crippen LogP contribution in [-0.4, -0.2) is 24.1 Å². The lowest BCUT2D eigenvalue weighted by atomic mass is 10.1. The van der Waals surface area contributed by atoms with E-state index in [1.54, 1.807) is 0 Å². The third kappa shape index (κ3) is 2.80. The molecule has 0 spiro atoms. The summed E-state index contributed by atoms with van der Waals surface area (Å²) < 4.78 is 0. The molecule has 0 aliphatic heterocycles. The molecule has 1 aromatic carbocycles. The van der Waals surface area contributed by atoms with Gasteiger partial charge in [-0.05, 0) is 27.7 Å². The summed E-state index contributed by atoms with van der Waals surface area (Å²) in [6.07, 6.45) is 1.95. The molecule has 3 nitrogen and oxygen atoms in total. The number of aromatic nitrogens is 1. The fourth-order valence-electron chi connectivity index (χ4n) is 2.38. The number of rotatable bonds is 5. The molecule has 1 heterocycles. The van der Waals surface area contributed by atoms with Crippen LogP contribution in [0.15, 0.2) is 30.5 Å². The van der Waals surface area contributed by atoms with Crippen molar-refractivity contribution in [1.82, 2.24) is 4.98 Å². The van der Waals surface area contributed by atoms with Crippen LogP contribution in [0, 0.1) is 0 Å². The molecule has 0 bridgehead atoms. The average molecular weight is 257 g/mol. The Hall–Kier alpha value is -1.77. The quantitative estimate of drug-likeness (QED) is 0.880. The summed E-state index contributed by atoms with van der Waals surface area (Å²) in [4.78, 5) is 6.96. The summed E-state index contributed by atoms with van der Waals surface area (Å²) in [5.74, 6) is 1.08. The Labute approximate surface area is 115 Å². The van der Waals surface area contributed by atoms with E-state index in [0.29, 0.717) is 6.04 Å². The van der Waals surface area contributed by atoms with Crippen molar-refractivity contribution in [2.24, 2.45) is 0 Å². The van der Waals surface area contributed by atoms with E-state index in [9.17, 15) is 0 Å². The van der Waals surface area contributed by atoms with Crippen molar-refractivity contribution < 1.29 is 0 Å². The van der Waals surface area contributed by atoms with Crippen molar-refractivity contribution in [3.8, 4) is 0 Å². The van der Waals surface area contributed by atoms with Gasteiger partial charge >= 0.3 is 0 Å². The van der Waals surface area contributed by atoms with Gasteiger partial charge < -0.3 is 10.2 Å². The van der Waals surface area contributed by atoms with Crippen LogP contribution >= 0.6 is 0 Å². The number of nitrogens with zero attached hydrogens (tertiary/aromatic N) is 2. The van der Waals surface area contributed by atoms with Gasteiger partial charge in [-0.15, -0.1) is 0 Å². The Bertz CT molecular complexity index is 545. The largest absolute Gasteiger partial charge is 0.381 e. The maximum atomic E-state index is 4.67. The van der Waals surface area contributed by atoms with Gasteiger partial charge in [0.2, 0.25) is 0 Å². The van der Waals surface area contributed by atoms with Gasteiger partial charge in [-0.25, -0.2) is 4.98 Å². The number of fused-ring (bicyclic) bond motifs is 1. The van der Waals surface area contributed by atoms with E-state index in [4.69, 9.17) is 0 Å². The van der Waals surface area contributed by atoms with Crippen LogP contribution in [0.4, 0.5) is 11.5 Å². The lowest BCUT2D eigenvalue weighted by molar-refractivity contribution is 0.850. The van der Waals surface area contributed by atoms with Crippen LogP contribution in [0.25, 0.3) is 10.8 Å². The van der Waals surface area contributed by atoms with Crippen LogP contribution in [0.2, 0.25) is 0 Å². The van der Waals surface area contributed by atoms with Crippen LogP contribution in [-0.2, 0) is 0 Å². The monoisotopic (exact) mass is 257 g/mol. The van der Waals surface area contributed by atoms with E-state index < -0.39 is 0 Å². The third-order valence-electron chi connectivity index (χ3n) is 3.28. The second-order valence-corrected chi connectivity index (χ2v) is 5.01. The topological polar surface area (TPSA) is 28.2 Å². The molecule has 0 fully saturated rings. The second kappa shape index (κ2) is 5.91. The molecule has 0 aliphatic rings. The second-order valence-electron chi connectivity index (χ2n) is 5.01. The number of pyridine rings is 1. The predicted octanol–water partition coefficient (Wildman–Crippen LogP) is 3.90. The minimum atomic E-state index is 0.407. The third-order valence-corrected chi connectivity index (χ3v) is 3.28. The number of nitrogens with one attached hydrogen (secondary N) is 1. The maximum Gasteiger partial charge on any atom is 0.136 e. The summed E-state index contributed by atoms with van der Waals surface area (Å²) in [6.45, 7) is 10.6. The highest BCUT2D eigenvalue weighted by molar-refractivity contribution is 6.00. The summed E-state index contributed by atoms with van der Waals surface area (Å²) in [5.41, 5.74) is 1.11. The lowest BCUT2D eigenvalue weighted by Gasteiger charge is -2.23. The van der Waals surface area contributed by atoms with Crippen molar-refractivity contribution in [1.29, 1.82) is 0 Å². The lowest BCUT2D eigenvalue weighted by Crippen LogP contribution is -2.23. The number of hydrogen-bond donors (Lipinski definition) is 1. The fraction of sp³-hybridized carbons (Fsp3) is 0.438. The molecule has 1 aromatic heterocycles. The number of hydrogen-bond acceptors (Lipinski definition) is 3. The van der Waals surface area contributed by atoms with Crippen LogP contribution in [0.5, 0.6) is 0 Å². The standard InChI is InChI=1S/C16H23N3/c1-5-19(6-2)16-14-10-8-7-9-13(14)15(11-17-16)18-12(3)4/h7-12,18H,5-6H2,1-4H3. The van der Waals surface area contributed by atoms with Gasteiger partial charge in [-0.2, -0.15) is 0 Å². The molecular weight excluding hydrogens is 234 g/mol. The Morgan fingerprint density at radius 2 is 1.74 bits per heavy atom. The normalized spacial score (nSPS) is 11.0. The van der Waals surface area contributed by atoms with E-state index in [0.717, 1.165) is 24.6 Å². The number of benzene rings is 1. The van der Waals surface area contributed by atoms with Crippen molar-refractivity contribution in [3.63, 3.8) is 0 Å². The Morgan fingerprint density at radius 3 is 2.32 bits per heavy atom. The zero-order chi connectivity index (χ0) is 13.8. The van der Waals surface area contributed by atoms with Crippen molar-refractivity contribution >= 4 is 22.3 Å². The molecule has 0 saturated carbocycles. The first-order valence-electron chi connectivity index (χ1n) is 7.06. The summed E-state index contributed by atoms with van der Waals surface area (Å²) in [5, 5.41) is 5.93. The fourth-order valence-corrected chi connectivity index (χ4v) is 2.38.